The number of nitro groups is 1. The molecule has 2 aromatic carbocycles. The molecule has 0 fully saturated rings. The highest BCUT2D eigenvalue weighted by Gasteiger charge is 2.09. The second-order valence-electron chi connectivity index (χ2n) is 4.06. The summed E-state index contributed by atoms with van der Waals surface area (Å²) in [5.41, 5.74) is 1.29. The van der Waals surface area contributed by atoms with Crippen LogP contribution in [0.25, 0.3) is 0 Å². The van der Waals surface area contributed by atoms with Crippen LogP contribution in [0.5, 0.6) is 0 Å². The van der Waals surface area contributed by atoms with Crippen LogP contribution >= 0.6 is 23.4 Å². The van der Waals surface area contributed by atoms with Crippen LogP contribution in [0.2, 0.25) is 5.02 Å². The molecule has 0 bridgehead atoms. The molecule has 0 aliphatic heterocycles. The zero-order valence-electron chi connectivity index (χ0n) is 10.2. The number of hydrogen-bond acceptors (Lipinski definition) is 3. The Bertz CT molecular complexity index is 569. The Labute approximate surface area is 120 Å². The van der Waals surface area contributed by atoms with Gasteiger partial charge in [0, 0.05) is 27.3 Å². The number of non-ortho nitro benzene ring substituents is 1. The van der Waals surface area contributed by atoms with Crippen molar-refractivity contribution in [1.82, 2.24) is 0 Å². The fourth-order valence-electron chi connectivity index (χ4n) is 1.65. The molecule has 98 valence electrons. The molecule has 0 saturated heterocycles. The van der Waals surface area contributed by atoms with Crippen molar-refractivity contribution in [3.8, 4) is 0 Å². The van der Waals surface area contributed by atoms with Crippen LogP contribution in [0.4, 0.5) is 5.69 Å². The summed E-state index contributed by atoms with van der Waals surface area (Å²) >= 11 is 7.51. The molecule has 19 heavy (non-hydrogen) atoms. The normalized spacial score (nSPS) is 12.1. The Morgan fingerprint density at radius 2 is 1.68 bits per heavy atom. The first-order valence-electron chi connectivity index (χ1n) is 5.73. The maximum Gasteiger partial charge on any atom is 0.269 e. The number of benzene rings is 2. The molecule has 3 nitrogen and oxygen atoms in total. The number of rotatable bonds is 4. The Balaban J connectivity index is 2.08. The maximum absolute atomic E-state index is 10.6. The summed E-state index contributed by atoms with van der Waals surface area (Å²) in [4.78, 5) is 11.2. The van der Waals surface area contributed by atoms with Crippen molar-refractivity contribution in [2.24, 2.45) is 0 Å². The van der Waals surface area contributed by atoms with Crippen molar-refractivity contribution in [2.45, 2.75) is 17.1 Å². The largest absolute Gasteiger partial charge is 0.269 e. The molecule has 0 N–H and O–H groups in total. The smallest absolute Gasteiger partial charge is 0.258 e. The van der Waals surface area contributed by atoms with E-state index in [1.807, 2.05) is 24.3 Å². The molecule has 0 radical (unpaired) electrons. The maximum atomic E-state index is 10.6. The van der Waals surface area contributed by atoms with Gasteiger partial charge in [-0.05, 0) is 36.8 Å². The summed E-state index contributed by atoms with van der Waals surface area (Å²) in [6, 6.07) is 14.3. The fraction of sp³-hybridized carbons (Fsp3) is 0.143. The summed E-state index contributed by atoms with van der Waals surface area (Å²) in [5, 5.41) is 11.6. The lowest BCUT2D eigenvalue weighted by Crippen LogP contribution is -1.89. The van der Waals surface area contributed by atoms with Gasteiger partial charge in [0.1, 0.15) is 0 Å². The predicted molar refractivity (Wildman–Crippen MR) is 78.8 cm³/mol. The molecular formula is C14H12ClNO2S. The van der Waals surface area contributed by atoms with Gasteiger partial charge in [0.05, 0.1) is 4.92 Å². The van der Waals surface area contributed by atoms with E-state index in [0.717, 1.165) is 9.92 Å². The van der Waals surface area contributed by atoms with Crippen LogP contribution in [-0.4, -0.2) is 4.92 Å². The van der Waals surface area contributed by atoms with Crippen LogP contribution in [0.3, 0.4) is 0 Å². The van der Waals surface area contributed by atoms with Gasteiger partial charge in [0.15, 0.2) is 0 Å². The van der Waals surface area contributed by atoms with E-state index in [-0.39, 0.29) is 10.9 Å². The monoisotopic (exact) mass is 293 g/mol. The van der Waals surface area contributed by atoms with E-state index in [2.05, 4.69) is 6.92 Å². The van der Waals surface area contributed by atoms with E-state index in [1.165, 1.54) is 17.7 Å². The van der Waals surface area contributed by atoms with Gasteiger partial charge in [-0.2, -0.15) is 0 Å². The third-order valence-electron chi connectivity index (χ3n) is 2.70. The highest BCUT2D eigenvalue weighted by Crippen LogP contribution is 2.35. The number of hydrogen-bond donors (Lipinski definition) is 0. The molecule has 0 heterocycles. The Morgan fingerprint density at radius 3 is 2.21 bits per heavy atom. The van der Waals surface area contributed by atoms with Gasteiger partial charge in [-0.3, -0.25) is 10.1 Å². The second kappa shape index (κ2) is 6.08. The van der Waals surface area contributed by atoms with E-state index in [4.69, 9.17) is 11.6 Å². The molecule has 0 amide bonds. The fourth-order valence-corrected chi connectivity index (χ4v) is 2.77. The van der Waals surface area contributed by atoms with Crippen LogP contribution in [0, 0.1) is 10.1 Å². The lowest BCUT2D eigenvalue weighted by atomic mass is 10.2. The molecule has 5 heteroatoms. The lowest BCUT2D eigenvalue weighted by molar-refractivity contribution is -0.384. The van der Waals surface area contributed by atoms with Gasteiger partial charge < -0.3 is 0 Å². The van der Waals surface area contributed by atoms with Crippen molar-refractivity contribution in [2.75, 3.05) is 0 Å². The highest BCUT2D eigenvalue weighted by atomic mass is 35.5. The van der Waals surface area contributed by atoms with Crippen LogP contribution < -0.4 is 0 Å². The van der Waals surface area contributed by atoms with Gasteiger partial charge >= 0.3 is 0 Å². The molecule has 2 aromatic rings. The number of thioether (sulfide) groups is 1. The van der Waals surface area contributed by atoms with Gasteiger partial charge in [0.25, 0.3) is 5.69 Å². The van der Waals surface area contributed by atoms with Crippen LogP contribution in [0.1, 0.15) is 17.7 Å². The number of nitro benzene ring substituents is 1. The average Bonchev–Trinajstić information content (AvgIpc) is 2.40. The Morgan fingerprint density at radius 1 is 1.11 bits per heavy atom. The minimum atomic E-state index is -0.392. The van der Waals surface area contributed by atoms with E-state index in [9.17, 15) is 10.1 Å². The SMILES string of the molecule is CC(Sc1ccc([N+](=O)[O-])cc1)c1ccc(Cl)cc1. The van der Waals surface area contributed by atoms with Crippen molar-refractivity contribution in [3.63, 3.8) is 0 Å². The summed E-state index contributed by atoms with van der Waals surface area (Å²) < 4.78 is 0. The molecule has 0 aromatic heterocycles. The molecule has 1 unspecified atom stereocenters. The Kier molecular flexibility index (Phi) is 4.45. The second-order valence-corrected chi connectivity index (χ2v) is 5.91. The Hall–Kier alpha value is -1.52. The van der Waals surface area contributed by atoms with Crippen molar-refractivity contribution in [1.29, 1.82) is 0 Å². The predicted octanol–water partition coefficient (Wildman–Crippen LogP) is 5.10. The standard InChI is InChI=1S/C14H12ClNO2S/c1-10(11-2-4-12(15)5-3-11)19-14-8-6-13(7-9-14)16(17)18/h2-10H,1H3. The molecular weight excluding hydrogens is 282 g/mol. The average molecular weight is 294 g/mol. The number of nitrogens with zero attached hydrogens (tertiary/aromatic N) is 1. The van der Waals surface area contributed by atoms with Crippen molar-refractivity contribution >= 4 is 29.1 Å². The van der Waals surface area contributed by atoms with Crippen LogP contribution in [-0.2, 0) is 0 Å². The van der Waals surface area contributed by atoms with Gasteiger partial charge in [0.2, 0.25) is 0 Å². The molecule has 2 rings (SSSR count). The van der Waals surface area contributed by atoms with Gasteiger partial charge in [-0.15, -0.1) is 11.8 Å². The van der Waals surface area contributed by atoms with Crippen molar-refractivity contribution < 1.29 is 4.92 Å². The lowest BCUT2D eigenvalue weighted by Gasteiger charge is -2.11. The van der Waals surface area contributed by atoms with Crippen molar-refractivity contribution in [3.05, 3.63) is 69.2 Å². The first kappa shape index (κ1) is 13.9. The van der Waals surface area contributed by atoms with E-state index >= 15 is 0 Å². The topological polar surface area (TPSA) is 43.1 Å². The molecule has 0 aliphatic carbocycles. The van der Waals surface area contributed by atoms with Gasteiger partial charge in [-0.25, -0.2) is 0 Å². The third kappa shape index (κ3) is 3.72. The third-order valence-corrected chi connectivity index (χ3v) is 4.12. The molecule has 0 saturated carbocycles. The summed E-state index contributed by atoms with van der Waals surface area (Å²) in [5.74, 6) is 0. The van der Waals surface area contributed by atoms with E-state index < -0.39 is 4.92 Å². The zero-order chi connectivity index (χ0) is 13.8. The summed E-state index contributed by atoms with van der Waals surface area (Å²) in [7, 11) is 0. The van der Waals surface area contributed by atoms with E-state index in [0.29, 0.717) is 0 Å². The zero-order valence-corrected chi connectivity index (χ0v) is 11.8. The number of halogens is 1. The van der Waals surface area contributed by atoms with E-state index in [1.54, 1.807) is 23.9 Å². The minimum Gasteiger partial charge on any atom is -0.258 e. The van der Waals surface area contributed by atoms with Crippen LogP contribution in [0.15, 0.2) is 53.4 Å². The molecule has 0 aliphatic rings. The summed E-state index contributed by atoms with van der Waals surface area (Å²) in [6.45, 7) is 2.09. The molecule has 0 spiro atoms. The highest BCUT2D eigenvalue weighted by molar-refractivity contribution is 7.99. The summed E-state index contributed by atoms with van der Waals surface area (Å²) in [6.07, 6.45) is 0. The minimum absolute atomic E-state index is 0.114. The first-order chi connectivity index (χ1) is 9.06. The molecule has 1 atom stereocenters. The first-order valence-corrected chi connectivity index (χ1v) is 6.98. The van der Waals surface area contributed by atoms with Gasteiger partial charge in [-0.1, -0.05) is 23.7 Å². The quantitative estimate of drug-likeness (QED) is 0.447.